The number of rotatable bonds is 7. The van der Waals surface area contributed by atoms with E-state index in [2.05, 4.69) is 33.1 Å². The van der Waals surface area contributed by atoms with Gasteiger partial charge in [-0.3, -0.25) is 4.79 Å². The van der Waals surface area contributed by atoms with Crippen LogP contribution in [0.15, 0.2) is 29.3 Å². The summed E-state index contributed by atoms with van der Waals surface area (Å²) in [6.07, 6.45) is 2.60. The molecule has 0 radical (unpaired) electrons. The SMILES string of the molecule is CCNC(=NCc1ccc(NC(=O)NC(C)C)cc1)N1CCC(CC(=O)NC)CC1.I. The Balaban J connectivity index is 0.00000480. The summed E-state index contributed by atoms with van der Waals surface area (Å²) in [6, 6.07) is 7.63. The van der Waals surface area contributed by atoms with Gasteiger partial charge in [0.05, 0.1) is 6.54 Å². The van der Waals surface area contributed by atoms with Gasteiger partial charge in [0.15, 0.2) is 5.96 Å². The van der Waals surface area contributed by atoms with Crippen LogP contribution < -0.4 is 21.3 Å². The van der Waals surface area contributed by atoms with Crippen molar-refractivity contribution in [1.29, 1.82) is 0 Å². The van der Waals surface area contributed by atoms with Crippen LogP contribution in [0.1, 0.15) is 45.6 Å². The molecule has 1 aromatic carbocycles. The maximum Gasteiger partial charge on any atom is 0.319 e. The van der Waals surface area contributed by atoms with Gasteiger partial charge >= 0.3 is 6.03 Å². The van der Waals surface area contributed by atoms with Gasteiger partial charge in [-0.15, -0.1) is 24.0 Å². The number of hydrogen-bond acceptors (Lipinski definition) is 3. The molecule has 174 valence electrons. The average Bonchev–Trinajstić information content (AvgIpc) is 2.72. The van der Waals surface area contributed by atoms with Crippen LogP contribution in [0.2, 0.25) is 0 Å². The van der Waals surface area contributed by atoms with E-state index in [9.17, 15) is 9.59 Å². The molecule has 0 aromatic heterocycles. The monoisotopic (exact) mass is 544 g/mol. The van der Waals surface area contributed by atoms with E-state index in [-0.39, 0.29) is 42.0 Å². The quantitative estimate of drug-likeness (QED) is 0.241. The van der Waals surface area contributed by atoms with E-state index in [0.717, 1.165) is 49.7 Å². The topological polar surface area (TPSA) is 97.9 Å². The molecule has 4 N–H and O–H groups in total. The third-order valence-corrected chi connectivity index (χ3v) is 5.04. The van der Waals surface area contributed by atoms with Crippen LogP contribution in [0.25, 0.3) is 0 Å². The predicted molar refractivity (Wildman–Crippen MR) is 137 cm³/mol. The summed E-state index contributed by atoms with van der Waals surface area (Å²) in [5, 5.41) is 11.7. The fourth-order valence-corrected chi connectivity index (χ4v) is 3.43. The number of nitrogens with one attached hydrogen (secondary N) is 4. The Labute approximate surface area is 203 Å². The first-order chi connectivity index (χ1) is 14.4. The third kappa shape index (κ3) is 9.75. The van der Waals surface area contributed by atoms with Crippen molar-refractivity contribution >= 4 is 47.6 Å². The van der Waals surface area contributed by atoms with Crippen LogP contribution in [-0.4, -0.2) is 55.5 Å². The lowest BCUT2D eigenvalue weighted by Gasteiger charge is -2.34. The highest BCUT2D eigenvalue weighted by Crippen LogP contribution is 2.20. The second-order valence-electron chi connectivity index (χ2n) is 7.93. The van der Waals surface area contributed by atoms with Crippen LogP contribution in [-0.2, 0) is 11.3 Å². The third-order valence-electron chi connectivity index (χ3n) is 5.04. The van der Waals surface area contributed by atoms with Crippen LogP contribution in [0, 0.1) is 5.92 Å². The van der Waals surface area contributed by atoms with E-state index in [1.807, 2.05) is 38.1 Å². The van der Waals surface area contributed by atoms with E-state index < -0.39 is 0 Å². The highest BCUT2D eigenvalue weighted by atomic mass is 127. The Hall–Kier alpha value is -2.04. The number of anilines is 1. The molecule has 31 heavy (non-hydrogen) atoms. The van der Waals surface area contributed by atoms with Crippen molar-refractivity contribution in [3.05, 3.63) is 29.8 Å². The molecule has 1 aliphatic heterocycles. The number of benzene rings is 1. The molecule has 2 rings (SSSR count). The van der Waals surface area contributed by atoms with Crippen molar-refractivity contribution in [3.8, 4) is 0 Å². The van der Waals surface area contributed by atoms with Gasteiger partial charge < -0.3 is 26.2 Å². The van der Waals surface area contributed by atoms with Crippen molar-refractivity contribution in [1.82, 2.24) is 20.9 Å². The molecule has 3 amide bonds. The van der Waals surface area contributed by atoms with E-state index >= 15 is 0 Å². The summed E-state index contributed by atoms with van der Waals surface area (Å²) < 4.78 is 0. The fourth-order valence-electron chi connectivity index (χ4n) is 3.43. The van der Waals surface area contributed by atoms with Crippen LogP contribution in [0.5, 0.6) is 0 Å². The van der Waals surface area contributed by atoms with Gasteiger partial charge in [0.1, 0.15) is 0 Å². The summed E-state index contributed by atoms with van der Waals surface area (Å²) in [5.41, 5.74) is 1.83. The first-order valence-corrected chi connectivity index (χ1v) is 10.8. The maximum atomic E-state index is 11.8. The minimum absolute atomic E-state index is 0. The maximum absolute atomic E-state index is 11.8. The van der Waals surface area contributed by atoms with E-state index in [1.54, 1.807) is 7.05 Å². The minimum Gasteiger partial charge on any atom is -0.359 e. The number of halogens is 1. The second-order valence-corrected chi connectivity index (χ2v) is 7.93. The summed E-state index contributed by atoms with van der Waals surface area (Å²) in [5.74, 6) is 1.47. The molecular formula is C22H37IN6O2. The number of piperidine rings is 1. The Morgan fingerprint density at radius 2 is 1.81 bits per heavy atom. The first-order valence-electron chi connectivity index (χ1n) is 10.8. The van der Waals surface area contributed by atoms with E-state index in [1.165, 1.54) is 0 Å². The number of carbonyl (C=O) groups is 2. The molecule has 9 heteroatoms. The van der Waals surface area contributed by atoms with E-state index in [4.69, 9.17) is 4.99 Å². The van der Waals surface area contributed by atoms with Crippen LogP contribution >= 0.6 is 24.0 Å². The fraction of sp³-hybridized carbons (Fsp3) is 0.591. The van der Waals surface area contributed by atoms with Crippen molar-refractivity contribution in [2.75, 3.05) is 32.0 Å². The Bertz CT molecular complexity index is 715. The normalized spacial score (nSPS) is 14.6. The number of aliphatic imine (C=N–C) groups is 1. The molecule has 0 bridgehead atoms. The Morgan fingerprint density at radius 1 is 1.16 bits per heavy atom. The van der Waals surface area contributed by atoms with Crippen molar-refractivity contribution in [2.24, 2.45) is 10.9 Å². The molecule has 0 unspecified atom stereocenters. The number of amides is 3. The van der Waals surface area contributed by atoms with Gasteiger partial charge in [-0.2, -0.15) is 0 Å². The van der Waals surface area contributed by atoms with Gasteiger partial charge in [0.2, 0.25) is 5.91 Å². The predicted octanol–water partition coefficient (Wildman–Crippen LogP) is 3.15. The Morgan fingerprint density at radius 3 is 2.35 bits per heavy atom. The first kappa shape index (κ1) is 27.0. The molecule has 1 fully saturated rings. The minimum atomic E-state index is -0.204. The van der Waals surface area contributed by atoms with E-state index in [0.29, 0.717) is 18.9 Å². The molecule has 1 aliphatic rings. The highest BCUT2D eigenvalue weighted by Gasteiger charge is 2.23. The lowest BCUT2D eigenvalue weighted by Crippen LogP contribution is -2.46. The molecule has 0 atom stereocenters. The van der Waals surface area contributed by atoms with Crippen LogP contribution in [0.4, 0.5) is 10.5 Å². The zero-order valence-corrected chi connectivity index (χ0v) is 21.4. The van der Waals surface area contributed by atoms with Gasteiger partial charge in [-0.1, -0.05) is 12.1 Å². The number of guanidine groups is 1. The van der Waals surface area contributed by atoms with Crippen molar-refractivity contribution in [3.63, 3.8) is 0 Å². The molecule has 0 saturated carbocycles. The van der Waals surface area contributed by atoms with Crippen LogP contribution in [0.3, 0.4) is 0 Å². The summed E-state index contributed by atoms with van der Waals surface area (Å²) in [6.45, 7) is 9.10. The number of carbonyl (C=O) groups excluding carboxylic acids is 2. The summed E-state index contributed by atoms with van der Waals surface area (Å²) in [7, 11) is 1.69. The van der Waals surface area contributed by atoms with Crippen molar-refractivity contribution < 1.29 is 9.59 Å². The molecule has 0 spiro atoms. The van der Waals surface area contributed by atoms with Gasteiger partial charge in [0.25, 0.3) is 0 Å². The second kappa shape index (κ2) is 14.1. The smallest absolute Gasteiger partial charge is 0.319 e. The molecule has 1 aromatic rings. The molecular weight excluding hydrogens is 507 g/mol. The van der Waals surface area contributed by atoms with Gasteiger partial charge in [-0.25, -0.2) is 9.79 Å². The molecule has 0 aliphatic carbocycles. The summed E-state index contributed by atoms with van der Waals surface area (Å²) >= 11 is 0. The Kier molecular flexibility index (Phi) is 12.3. The standard InChI is InChI=1S/C22H36N6O2.HI/c1-5-24-21(28-12-10-17(11-13-28)14-20(29)23-4)25-15-18-6-8-19(9-7-18)27-22(30)26-16(2)3;/h6-9,16-17H,5,10-15H2,1-4H3,(H,23,29)(H,24,25)(H2,26,27,30);1H. The highest BCUT2D eigenvalue weighted by molar-refractivity contribution is 14.0. The average molecular weight is 544 g/mol. The summed E-state index contributed by atoms with van der Waals surface area (Å²) in [4.78, 5) is 30.5. The number of nitrogens with zero attached hydrogens (tertiary/aromatic N) is 2. The zero-order valence-electron chi connectivity index (χ0n) is 19.0. The largest absolute Gasteiger partial charge is 0.359 e. The molecule has 8 nitrogen and oxygen atoms in total. The van der Waals surface area contributed by atoms with Gasteiger partial charge in [-0.05, 0) is 57.2 Å². The van der Waals surface area contributed by atoms with Gasteiger partial charge in [0, 0.05) is 44.8 Å². The lowest BCUT2D eigenvalue weighted by atomic mass is 9.93. The lowest BCUT2D eigenvalue weighted by molar-refractivity contribution is -0.121. The number of likely N-dealkylation sites (tertiary alicyclic amines) is 1. The number of urea groups is 1. The van der Waals surface area contributed by atoms with Crippen molar-refractivity contribution in [2.45, 2.75) is 52.6 Å². The molecule has 1 saturated heterocycles. The molecule has 1 heterocycles. The zero-order chi connectivity index (χ0) is 21.9. The number of hydrogen-bond donors (Lipinski definition) is 4.